The molecule has 2 aromatic heterocycles. The minimum Gasteiger partial charge on any atom is -0.296 e. The van der Waals surface area contributed by atoms with Crippen molar-refractivity contribution in [3.63, 3.8) is 0 Å². The van der Waals surface area contributed by atoms with E-state index in [1.54, 1.807) is 12.4 Å². The van der Waals surface area contributed by atoms with E-state index in [1.807, 2.05) is 34.7 Å². The highest BCUT2D eigenvalue weighted by atomic mass is 32.2. The molecule has 1 aromatic carbocycles. The summed E-state index contributed by atoms with van der Waals surface area (Å²) >= 11 is 0. The molecular weight excluding hydrogens is 571 g/mol. The van der Waals surface area contributed by atoms with Gasteiger partial charge in [-0.25, -0.2) is 17.8 Å². The Morgan fingerprint density at radius 2 is 1.83 bits per heavy atom. The van der Waals surface area contributed by atoms with Gasteiger partial charge in [0.25, 0.3) is 0 Å². The summed E-state index contributed by atoms with van der Waals surface area (Å²) in [7, 11) is -1.44. The molecule has 2 aliphatic heterocycles. The second kappa shape index (κ2) is 10.7. The van der Waals surface area contributed by atoms with Crippen LogP contribution in [0.25, 0.3) is 11.2 Å². The Kier molecular flexibility index (Phi) is 7.34. The number of nitrogens with zero attached hydrogens (tertiary/aromatic N) is 7. The van der Waals surface area contributed by atoms with E-state index >= 15 is 0 Å². The molecule has 0 amide bonds. The molecule has 6 rings (SSSR count). The topological polar surface area (TPSA) is 94.8 Å². The SMILES string of the molecule is C[N+]1=CN=N[C]1[C@@H](c1cccc(-n2cc3c(C(F)(F)F)cc(CN4CCN(S(C)(=O)=O)CC4)cn3c2=O)c1)C1CCC1. The molecule has 0 N–H and O–H groups in total. The molecular formula is C28H32F3N7O3S+. The zero-order valence-electron chi connectivity index (χ0n) is 23.3. The summed E-state index contributed by atoms with van der Waals surface area (Å²) in [4.78, 5) is 15.5. The maximum Gasteiger partial charge on any atom is 0.418 e. The van der Waals surface area contributed by atoms with Crippen molar-refractivity contribution in [2.75, 3.05) is 39.5 Å². The number of alkyl halides is 3. The number of rotatable bonds is 7. The predicted molar refractivity (Wildman–Crippen MR) is 150 cm³/mol. The van der Waals surface area contributed by atoms with Gasteiger partial charge in [0.1, 0.15) is 0 Å². The van der Waals surface area contributed by atoms with Gasteiger partial charge in [-0.2, -0.15) is 17.5 Å². The van der Waals surface area contributed by atoms with Crippen LogP contribution in [-0.4, -0.2) is 77.0 Å². The first kappa shape index (κ1) is 28.7. The average molecular weight is 604 g/mol. The highest BCUT2D eigenvalue weighted by molar-refractivity contribution is 7.88. The fourth-order valence-electron chi connectivity index (χ4n) is 6.07. The molecule has 1 atom stereocenters. The monoisotopic (exact) mass is 603 g/mol. The van der Waals surface area contributed by atoms with E-state index in [2.05, 4.69) is 10.2 Å². The van der Waals surface area contributed by atoms with Gasteiger partial charge in [-0.05, 0) is 53.2 Å². The van der Waals surface area contributed by atoms with Crippen LogP contribution in [0.3, 0.4) is 0 Å². The van der Waals surface area contributed by atoms with Crippen molar-refractivity contribution < 1.29 is 26.2 Å². The molecule has 0 unspecified atom stereocenters. The molecule has 0 spiro atoms. The summed E-state index contributed by atoms with van der Waals surface area (Å²) < 4.78 is 72.0. The second-order valence-electron chi connectivity index (χ2n) is 11.3. The van der Waals surface area contributed by atoms with E-state index in [0.29, 0.717) is 30.3 Å². The number of likely N-dealkylation sites (N-methyl/N-ethyl adjacent to an activating group) is 1. The summed E-state index contributed by atoms with van der Waals surface area (Å²) in [6.45, 7) is 1.43. The van der Waals surface area contributed by atoms with Crippen LogP contribution in [0.2, 0.25) is 0 Å². The van der Waals surface area contributed by atoms with E-state index in [0.717, 1.165) is 47.7 Å². The third-order valence-electron chi connectivity index (χ3n) is 8.49. The van der Waals surface area contributed by atoms with Crippen molar-refractivity contribution in [3.05, 3.63) is 76.1 Å². The molecule has 223 valence electrons. The number of fused-ring (bicyclic) bond motifs is 1. The number of halogens is 3. The van der Waals surface area contributed by atoms with Crippen LogP contribution in [0.5, 0.6) is 0 Å². The van der Waals surface area contributed by atoms with E-state index in [4.69, 9.17) is 0 Å². The molecule has 0 bridgehead atoms. The van der Waals surface area contributed by atoms with Crippen molar-refractivity contribution in [2.45, 2.75) is 37.9 Å². The van der Waals surface area contributed by atoms with Crippen molar-refractivity contribution in [1.29, 1.82) is 0 Å². The molecule has 42 heavy (non-hydrogen) atoms. The average Bonchev–Trinajstić information content (AvgIpc) is 3.47. The standard InChI is InChI=1S/C28H32F3N7O3S/c1-34-18-32-33-26(34)25(20-5-3-6-20)21-7-4-8-22(14-21)37-17-24-23(28(29,30)31)13-19(16-38(24)27(37)39)15-35-9-11-36(12-10-35)42(2,40)41/h4,7-8,13-14,16-18,20,25H,3,5-6,9-12,15H2,1-2H3/q+1/t25-/m1/s1. The predicted octanol–water partition coefficient (Wildman–Crippen LogP) is 3.70. The van der Waals surface area contributed by atoms with Gasteiger partial charge in [0.15, 0.2) is 0 Å². The highest BCUT2D eigenvalue weighted by Crippen LogP contribution is 2.46. The third-order valence-corrected chi connectivity index (χ3v) is 9.79. The van der Waals surface area contributed by atoms with Crippen LogP contribution in [0, 0.1) is 12.1 Å². The molecule has 1 aliphatic carbocycles. The van der Waals surface area contributed by atoms with Gasteiger partial charge in [0.2, 0.25) is 10.0 Å². The minimum atomic E-state index is -4.68. The lowest BCUT2D eigenvalue weighted by atomic mass is 9.71. The first-order valence-corrected chi connectivity index (χ1v) is 15.7. The molecule has 4 heterocycles. The Labute approximate surface area is 241 Å². The fraction of sp³-hybridized carbons (Fsp3) is 0.464. The number of imidazole rings is 1. The number of piperazine rings is 1. The maximum atomic E-state index is 14.3. The lowest BCUT2D eigenvalue weighted by Gasteiger charge is -2.34. The number of azo groups is 1. The minimum absolute atomic E-state index is 0.0422. The van der Waals surface area contributed by atoms with Gasteiger partial charge in [0.05, 0.1) is 41.1 Å². The number of sulfonamides is 1. The van der Waals surface area contributed by atoms with Gasteiger partial charge in [-0.1, -0.05) is 18.6 Å². The van der Waals surface area contributed by atoms with Crippen molar-refractivity contribution in [3.8, 4) is 5.69 Å². The van der Waals surface area contributed by atoms with E-state index < -0.39 is 27.5 Å². The second-order valence-corrected chi connectivity index (χ2v) is 13.3. The Balaban J connectivity index is 1.36. The Hall–Kier alpha value is -3.36. The first-order valence-electron chi connectivity index (χ1n) is 13.9. The van der Waals surface area contributed by atoms with E-state index in [-0.39, 0.29) is 31.1 Å². The molecule has 3 aromatic rings. The molecule has 14 heteroatoms. The molecule has 1 saturated carbocycles. The number of aromatic nitrogens is 2. The van der Waals surface area contributed by atoms with Crippen molar-refractivity contribution in [2.24, 2.45) is 16.1 Å². The smallest absolute Gasteiger partial charge is 0.296 e. The molecule has 10 nitrogen and oxygen atoms in total. The fourth-order valence-corrected chi connectivity index (χ4v) is 6.89. The quantitative estimate of drug-likeness (QED) is 0.385. The van der Waals surface area contributed by atoms with Crippen molar-refractivity contribution >= 4 is 21.9 Å². The highest BCUT2D eigenvalue weighted by Gasteiger charge is 2.42. The van der Waals surface area contributed by atoms with Gasteiger partial charge in [0, 0.05) is 45.1 Å². The summed E-state index contributed by atoms with van der Waals surface area (Å²) in [5, 5.41) is 8.39. The lowest BCUT2D eigenvalue weighted by Crippen LogP contribution is -2.47. The van der Waals surface area contributed by atoms with E-state index in [9.17, 15) is 26.4 Å². The molecule has 1 radical (unpaired) electrons. The van der Waals surface area contributed by atoms with Gasteiger partial charge in [-0.3, -0.25) is 13.9 Å². The zero-order valence-corrected chi connectivity index (χ0v) is 24.1. The van der Waals surface area contributed by atoms with Gasteiger partial charge >= 0.3 is 24.4 Å². The number of benzene rings is 1. The van der Waals surface area contributed by atoms with Crippen LogP contribution in [0.4, 0.5) is 13.2 Å². The van der Waals surface area contributed by atoms with Crippen LogP contribution < -0.4 is 5.69 Å². The normalized spacial score (nSPS) is 20.3. The van der Waals surface area contributed by atoms with Crippen LogP contribution in [0.15, 0.2) is 57.7 Å². The Bertz CT molecular complexity index is 1730. The Morgan fingerprint density at radius 1 is 1.10 bits per heavy atom. The van der Waals surface area contributed by atoms with Crippen LogP contribution in [0.1, 0.15) is 41.9 Å². The zero-order chi connectivity index (χ0) is 29.8. The molecule has 2 fully saturated rings. The van der Waals surface area contributed by atoms with Crippen LogP contribution >= 0.6 is 0 Å². The summed E-state index contributed by atoms with van der Waals surface area (Å²) in [6.07, 6.45) is 4.83. The van der Waals surface area contributed by atoms with Gasteiger partial charge in [-0.15, -0.1) is 0 Å². The number of pyridine rings is 1. The van der Waals surface area contributed by atoms with Gasteiger partial charge < -0.3 is 0 Å². The first-order chi connectivity index (χ1) is 19.9. The summed E-state index contributed by atoms with van der Waals surface area (Å²) in [6, 6.07) is 8.43. The summed E-state index contributed by atoms with van der Waals surface area (Å²) in [5.74, 6) is 0.325. The molecule has 3 aliphatic rings. The largest absolute Gasteiger partial charge is 0.418 e. The van der Waals surface area contributed by atoms with Crippen LogP contribution in [-0.2, 0) is 22.7 Å². The lowest BCUT2D eigenvalue weighted by molar-refractivity contribution is -0.480. The Morgan fingerprint density at radius 3 is 2.43 bits per heavy atom. The molecule has 1 saturated heterocycles. The number of hydrogen-bond acceptors (Lipinski definition) is 6. The number of hydrogen-bond donors (Lipinski definition) is 0. The van der Waals surface area contributed by atoms with Crippen molar-refractivity contribution in [1.82, 2.24) is 18.2 Å². The van der Waals surface area contributed by atoms with E-state index in [1.165, 1.54) is 21.3 Å². The maximum absolute atomic E-state index is 14.3. The summed E-state index contributed by atoms with van der Waals surface area (Å²) in [5.41, 5.74) is -0.000836. The third kappa shape index (κ3) is 5.42.